The Hall–Kier alpha value is -1.38. The Balaban J connectivity index is 3.09. The minimum Gasteiger partial charge on any atom is -0.389 e. The molecule has 2 N–H and O–H groups in total. The Kier molecular flexibility index (Phi) is 4.88. The average Bonchev–Trinajstić information content (AvgIpc) is 2.28. The van der Waals surface area contributed by atoms with Crippen LogP contribution in [0.1, 0.15) is 32.3 Å². The lowest BCUT2D eigenvalue weighted by molar-refractivity contribution is -0.0794. The Morgan fingerprint density at radius 2 is 1.72 bits per heavy atom. The summed E-state index contributed by atoms with van der Waals surface area (Å²) < 4.78 is 0. The van der Waals surface area contributed by atoms with Gasteiger partial charge in [0.2, 0.25) is 0 Å². The summed E-state index contributed by atoms with van der Waals surface area (Å²) in [5.74, 6) is 0. The zero-order valence-corrected chi connectivity index (χ0v) is 11.2. The fraction of sp³-hybridized carbons (Fsp3) is 0.375. The molecule has 2 atom stereocenters. The molecule has 2 heteroatoms. The Morgan fingerprint density at radius 3 is 2.17 bits per heavy atom. The van der Waals surface area contributed by atoms with Gasteiger partial charge in [-0.25, -0.2) is 0 Å². The molecule has 0 heterocycles. The molecule has 0 aliphatic heterocycles. The fourth-order valence-corrected chi connectivity index (χ4v) is 2.10. The van der Waals surface area contributed by atoms with Crippen LogP contribution in [0.5, 0.6) is 0 Å². The van der Waals surface area contributed by atoms with E-state index < -0.39 is 11.7 Å². The van der Waals surface area contributed by atoms with Crippen LogP contribution >= 0.6 is 0 Å². The number of hydrogen-bond acceptors (Lipinski definition) is 2. The van der Waals surface area contributed by atoms with Crippen LogP contribution in [0, 0.1) is 0 Å². The Bertz CT molecular complexity index is 422. The van der Waals surface area contributed by atoms with Gasteiger partial charge in [0.15, 0.2) is 0 Å². The first kappa shape index (κ1) is 14.7. The molecule has 0 spiro atoms. The lowest BCUT2D eigenvalue weighted by Gasteiger charge is -2.34. The third-order valence-electron chi connectivity index (χ3n) is 2.94. The number of rotatable bonds is 6. The molecule has 1 rings (SSSR count). The second kappa shape index (κ2) is 5.98. The number of hydrogen-bond donors (Lipinski definition) is 2. The zero-order valence-electron chi connectivity index (χ0n) is 11.2. The molecule has 98 valence electrons. The number of aliphatic hydroxyl groups is 2. The van der Waals surface area contributed by atoms with Crippen molar-refractivity contribution in [2.45, 2.75) is 38.4 Å². The molecular formula is C16H22O2. The molecule has 0 amide bonds. The maximum absolute atomic E-state index is 10.8. The van der Waals surface area contributed by atoms with Crippen molar-refractivity contribution in [2.24, 2.45) is 0 Å². The first-order valence-electron chi connectivity index (χ1n) is 6.11. The predicted octanol–water partition coefficient (Wildman–Crippen LogP) is 3.17. The average molecular weight is 246 g/mol. The zero-order chi connectivity index (χ0) is 13.8. The van der Waals surface area contributed by atoms with Gasteiger partial charge in [0.1, 0.15) is 5.60 Å². The smallest absolute Gasteiger partial charge is 0.119 e. The van der Waals surface area contributed by atoms with Gasteiger partial charge in [-0.1, -0.05) is 41.5 Å². The highest BCUT2D eigenvalue weighted by Gasteiger charge is 2.37. The molecule has 0 radical (unpaired) electrons. The summed E-state index contributed by atoms with van der Waals surface area (Å²) in [5.41, 5.74) is 1.09. The summed E-state index contributed by atoms with van der Waals surface area (Å²) >= 11 is 0. The van der Waals surface area contributed by atoms with Gasteiger partial charge < -0.3 is 10.2 Å². The highest BCUT2D eigenvalue weighted by molar-refractivity contribution is 5.26. The quantitative estimate of drug-likeness (QED) is 0.757. The highest BCUT2D eigenvalue weighted by atomic mass is 16.3. The molecule has 0 saturated carbocycles. The third kappa shape index (κ3) is 3.56. The van der Waals surface area contributed by atoms with Crippen molar-refractivity contribution in [3.63, 3.8) is 0 Å². The lowest BCUT2D eigenvalue weighted by Crippen LogP contribution is -2.40. The summed E-state index contributed by atoms with van der Waals surface area (Å²) in [6.45, 7) is 11.3. The van der Waals surface area contributed by atoms with Gasteiger partial charge in [-0.15, -0.1) is 13.2 Å². The van der Waals surface area contributed by atoms with Crippen molar-refractivity contribution in [2.75, 3.05) is 0 Å². The molecular weight excluding hydrogens is 224 g/mol. The second-order valence-corrected chi connectivity index (χ2v) is 5.10. The minimum absolute atomic E-state index is 0.339. The van der Waals surface area contributed by atoms with Gasteiger partial charge in [-0.2, -0.15) is 0 Å². The highest BCUT2D eigenvalue weighted by Crippen LogP contribution is 2.33. The van der Waals surface area contributed by atoms with Gasteiger partial charge >= 0.3 is 0 Å². The van der Waals surface area contributed by atoms with E-state index in [1.54, 1.807) is 0 Å². The monoisotopic (exact) mass is 246 g/mol. The number of benzene rings is 1. The minimum atomic E-state index is -1.30. The van der Waals surface area contributed by atoms with E-state index in [9.17, 15) is 10.2 Å². The maximum Gasteiger partial charge on any atom is 0.119 e. The fourth-order valence-electron chi connectivity index (χ4n) is 2.10. The van der Waals surface area contributed by atoms with Gasteiger partial charge in [-0.3, -0.25) is 0 Å². The summed E-state index contributed by atoms with van der Waals surface area (Å²) in [5, 5.41) is 21.1. The summed E-state index contributed by atoms with van der Waals surface area (Å²) in [6, 6.07) is 9.24. The summed E-state index contributed by atoms with van der Waals surface area (Å²) in [6.07, 6.45) is -0.168. The van der Waals surface area contributed by atoms with E-state index in [-0.39, 0.29) is 0 Å². The van der Waals surface area contributed by atoms with E-state index in [2.05, 4.69) is 13.2 Å². The topological polar surface area (TPSA) is 40.5 Å². The molecule has 1 aromatic rings. The van der Waals surface area contributed by atoms with Crippen molar-refractivity contribution in [3.8, 4) is 0 Å². The molecule has 0 aromatic heterocycles. The van der Waals surface area contributed by atoms with E-state index in [0.29, 0.717) is 18.4 Å². The molecule has 1 aromatic carbocycles. The van der Waals surface area contributed by atoms with Crippen molar-refractivity contribution in [1.82, 2.24) is 0 Å². The van der Waals surface area contributed by atoms with E-state index >= 15 is 0 Å². The lowest BCUT2D eigenvalue weighted by atomic mass is 9.81. The van der Waals surface area contributed by atoms with Crippen LogP contribution in [0.25, 0.3) is 0 Å². The van der Waals surface area contributed by atoms with Gasteiger partial charge in [0.05, 0.1) is 6.10 Å². The standard InChI is InChI=1S/C16H22O2/c1-12(2)10-15(17)16(18,11-13(3)4)14-8-6-5-7-9-14/h5-9,15,17-18H,1,3,10-11H2,2,4H3. The van der Waals surface area contributed by atoms with Crippen LogP contribution in [-0.2, 0) is 5.60 Å². The van der Waals surface area contributed by atoms with E-state index in [1.807, 2.05) is 44.2 Å². The van der Waals surface area contributed by atoms with Crippen LogP contribution in [-0.4, -0.2) is 16.3 Å². The Morgan fingerprint density at radius 1 is 1.17 bits per heavy atom. The van der Waals surface area contributed by atoms with E-state index in [4.69, 9.17) is 0 Å². The van der Waals surface area contributed by atoms with Gasteiger partial charge in [0.25, 0.3) is 0 Å². The van der Waals surface area contributed by atoms with Crippen LogP contribution in [0.2, 0.25) is 0 Å². The maximum atomic E-state index is 10.8. The Labute approximate surface area is 109 Å². The van der Waals surface area contributed by atoms with Crippen molar-refractivity contribution < 1.29 is 10.2 Å². The van der Waals surface area contributed by atoms with Crippen LogP contribution in [0.4, 0.5) is 0 Å². The van der Waals surface area contributed by atoms with Gasteiger partial charge in [0, 0.05) is 6.42 Å². The molecule has 0 aliphatic carbocycles. The largest absolute Gasteiger partial charge is 0.389 e. The van der Waals surface area contributed by atoms with Crippen molar-refractivity contribution in [3.05, 3.63) is 60.2 Å². The third-order valence-corrected chi connectivity index (χ3v) is 2.94. The molecule has 0 saturated heterocycles. The molecule has 0 bridgehead atoms. The van der Waals surface area contributed by atoms with Crippen LogP contribution in [0.15, 0.2) is 54.6 Å². The van der Waals surface area contributed by atoms with Crippen LogP contribution < -0.4 is 0 Å². The molecule has 2 unspecified atom stereocenters. The number of aliphatic hydroxyl groups excluding tert-OH is 1. The van der Waals surface area contributed by atoms with Crippen molar-refractivity contribution in [1.29, 1.82) is 0 Å². The summed E-state index contributed by atoms with van der Waals surface area (Å²) in [7, 11) is 0. The van der Waals surface area contributed by atoms with E-state index in [0.717, 1.165) is 11.1 Å². The van der Waals surface area contributed by atoms with Crippen LogP contribution in [0.3, 0.4) is 0 Å². The first-order valence-corrected chi connectivity index (χ1v) is 6.11. The SMILES string of the molecule is C=C(C)CC(O)C(O)(CC(=C)C)c1ccccc1. The second-order valence-electron chi connectivity index (χ2n) is 5.10. The molecule has 0 aliphatic rings. The van der Waals surface area contributed by atoms with Gasteiger partial charge in [-0.05, 0) is 25.8 Å². The van der Waals surface area contributed by atoms with Crippen molar-refractivity contribution >= 4 is 0 Å². The van der Waals surface area contributed by atoms with E-state index in [1.165, 1.54) is 0 Å². The summed E-state index contributed by atoms with van der Waals surface area (Å²) in [4.78, 5) is 0. The molecule has 0 fully saturated rings. The molecule has 18 heavy (non-hydrogen) atoms. The molecule has 2 nitrogen and oxygen atoms in total. The predicted molar refractivity (Wildman–Crippen MR) is 75.2 cm³/mol. The normalized spacial score (nSPS) is 15.8. The first-order chi connectivity index (χ1) is 8.36.